The summed E-state index contributed by atoms with van der Waals surface area (Å²) >= 11 is 0. The summed E-state index contributed by atoms with van der Waals surface area (Å²) in [5.74, 6) is 0.361. The lowest BCUT2D eigenvalue weighted by Crippen LogP contribution is -2.55. The summed E-state index contributed by atoms with van der Waals surface area (Å²) in [6, 6.07) is 7.26. The SMILES string of the molecule is O=C(CCN1C(=O)C2CCCCC2C1=O)N1CCN(C(=O)C2COc3ccccc3O2)CC1. The molecule has 4 aliphatic rings. The number of carbonyl (C=O) groups excluding carboxylic acids is 4. The third kappa shape index (κ3) is 4.16. The van der Waals surface area contributed by atoms with E-state index in [2.05, 4.69) is 0 Å². The maximum absolute atomic E-state index is 12.9. The predicted molar refractivity (Wildman–Crippen MR) is 116 cm³/mol. The molecule has 9 nitrogen and oxygen atoms in total. The van der Waals surface area contributed by atoms with Gasteiger partial charge in [0.2, 0.25) is 23.8 Å². The number of hydrogen-bond acceptors (Lipinski definition) is 6. The van der Waals surface area contributed by atoms with Crippen molar-refractivity contribution in [1.29, 1.82) is 0 Å². The van der Waals surface area contributed by atoms with Gasteiger partial charge < -0.3 is 19.3 Å². The molecule has 5 rings (SSSR count). The maximum Gasteiger partial charge on any atom is 0.267 e. The second-order valence-electron chi connectivity index (χ2n) is 9.15. The highest BCUT2D eigenvalue weighted by Gasteiger charge is 2.48. The van der Waals surface area contributed by atoms with Crippen LogP contribution in [-0.4, -0.2) is 83.8 Å². The fraction of sp³-hybridized carbons (Fsp3) is 0.583. The number of benzene rings is 1. The highest BCUT2D eigenvalue weighted by molar-refractivity contribution is 6.05. The van der Waals surface area contributed by atoms with Crippen molar-refractivity contribution in [2.75, 3.05) is 39.3 Å². The molecule has 1 aliphatic carbocycles. The standard InChI is InChI=1S/C24H29N3O6/c28-21(9-10-27-22(29)16-5-1-2-6-17(16)23(27)30)25-11-13-26(14-12-25)24(31)20-15-32-18-7-3-4-8-19(18)33-20/h3-4,7-8,16-17,20H,1-2,5-6,9-15H2. The monoisotopic (exact) mass is 455 g/mol. The van der Waals surface area contributed by atoms with Crippen molar-refractivity contribution in [1.82, 2.24) is 14.7 Å². The van der Waals surface area contributed by atoms with Crippen molar-refractivity contribution >= 4 is 23.6 Å². The van der Waals surface area contributed by atoms with E-state index < -0.39 is 6.10 Å². The minimum Gasteiger partial charge on any atom is -0.485 e. The number of amides is 4. The number of ether oxygens (including phenoxy) is 2. The molecule has 2 saturated heterocycles. The van der Waals surface area contributed by atoms with Crippen molar-refractivity contribution < 1.29 is 28.7 Å². The topological polar surface area (TPSA) is 96.5 Å². The highest BCUT2D eigenvalue weighted by atomic mass is 16.6. The van der Waals surface area contributed by atoms with E-state index >= 15 is 0 Å². The van der Waals surface area contributed by atoms with Crippen LogP contribution in [0.1, 0.15) is 32.1 Å². The van der Waals surface area contributed by atoms with Crippen LogP contribution in [0.4, 0.5) is 0 Å². The van der Waals surface area contributed by atoms with Crippen LogP contribution in [0.3, 0.4) is 0 Å². The zero-order valence-electron chi connectivity index (χ0n) is 18.6. The lowest BCUT2D eigenvalue weighted by atomic mass is 9.81. The van der Waals surface area contributed by atoms with Gasteiger partial charge in [0.15, 0.2) is 11.5 Å². The van der Waals surface area contributed by atoms with Crippen LogP contribution in [0, 0.1) is 11.8 Å². The number of hydrogen-bond donors (Lipinski definition) is 0. The average Bonchev–Trinajstić information content (AvgIpc) is 3.11. The number of para-hydroxylation sites is 2. The Hall–Kier alpha value is -3.10. The van der Waals surface area contributed by atoms with Crippen molar-refractivity contribution in [3.63, 3.8) is 0 Å². The molecule has 33 heavy (non-hydrogen) atoms. The molecule has 3 atom stereocenters. The molecule has 0 spiro atoms. The highest BCUT2D eigenvalue weighted by Crippen LogP contribution is 2.38. The quantitative estimate of drug-likeness (QED) is 0.630. The number of fused-ring (bicyclic) bond motifs is 2. The first kappa shape index (κ1) is 21.7. The summed E-state index contributed by atoms with van der Waals surface area (Å²) in [7, 11) is 0. The third-order valence-corrected chi connectivity index (χ3v) is 7.21. The zero-order valence-corrected chi connectivity index (χ0v) is 18.6. The number of likely N-dealkylation sites (tertiary alicyclic amines) is 1. The van der Waals surface area contributed by atoms with E-state index in [9.17, 15) is 19.2 Å². The molecule has 1 aromatic rings. The lowest BCUT2D eigenvalue weighted by molar-refractivity contribution is -0.147. The Morgan fingerprint density at radius 1 is 0.879 bits per heavy atom. The Morgan fingerprint density at radius 3 is 2.15 bits per heavy atom. The normalized spacial score (nSPS) is 26.9. The van der Waals surface area contributed by atoms with Gasteiger partial charge in [-0.05, 0) is 25.0 Å². The summed E-state index contributed by atoms with van der Waals surface area (Å²) in [5.41, 5.74) is 0. The Morgan fingerprint density at radius 2 is 1.48 bits per heavy atom. The summed E-state index contributed by atoms with van der Waals surface area (Å²) in [6.07, 6.45) is 2.95. The van der Waals surface area contributed by atoms with Gasteiger partial charge in [-0.1, -0.05) is 25.0 Å². The molecule has 0 N–H and O–H groups in total. The number of imide groups is 1. The van der Waals surface area contributed by atoms with Gasteiger partial charge >= 0.3 is 0 Å². The minimum atomic E-state index is -0.696. The molecule has 176 valence electrons. The Bertz CT molecular complexity index is 933. The minimum absolute atomic E-state index is 0.0938. The molecule has 1 saturated carbocycles. The van der Waals surface area contributed by atoms with Gasteiger partial charge in [-0.25, -0.2) is 0 Å². The fourth-order valence-electron chi connectivity index (χ4n) is 5.34. The number of carbonyl (C=O) groups is 4. The Kier molecular flexibility index (Phi) is 5.95. The molecule has 4 amide bonds. The second kappa shape index (κ2) is 9.03. The summed E-state index contributed by atoms with van der Waals surface area (Å²) in [4.78, 5) is 55.5. The first-order valence-corrected chi connectivity index (χ1v) is 11.8. The van der Waals surface area contributed by atoms with Crippen LogP contribution in [0.2, 0.25) is 0 Å². The number of nitrogens with zero attached hydrogens (tertiary/aromatic N) is 3. The van der Waals surface area contributed by atoms with Gasteiger partial charge in [-0.3, -0.25) is 24.1 Å². The van der Waals surface area contributed by atoms with E-state index in [0.29, 0.717) is 37.7 Å². The van der Waals surface area contributed by atoms with Crippen LogP contribution in [0.15, 0.2) is 24.3 Å². The molecule has 3 aliphatic heterocycles. The zero-order chi connectivity index (χ0) is 22.9. The predicted octanol–water partition coefficient (Wildman–Crippen LogP) is 1.06. The molecule has 0 radical (unpaired) electrons. The number of rotatable bonds is 4. The van der Waals surface area contributed by atoms with E-state index in [0.717, 1.165) is 25.7 Å². The van der Waals surface area contributed by atoms with Crippen LogP contribution in [0.25, 0.3) is 0 Å². The van der Waals surface area contributed by atoms with E-state index in [1.807, 2.05) is 12.1 Å². The Balaban J connectivity index is 1.09. The van der Waals surface area contributed by atoms with Gasteiger partial charge in [-0.2, -0.15) is 0 Å². The largest absolute Gasteiger partial charge is 0.485 e. The molecule has 3 heterocycles. The van der Waals surface area contributed by atoms with Gasteiger partial charge in [-0.15, -0.1) is 0 Å². The van der Waals surface area contributed by atoms with Crippen LogP contribution in [0.5, 0.6) is 11.5 Å². The van der Waals surface area contributed by atoms with Crippen molar-refractivity contribution in [2.24, 2.45) is 11.8 Å². The van der Waals surface area contributed by atoms with E-state index in [-0.39, 0.29) is 55.0 Å². The smallest absolute Gasteiger partial charge is 0.267 e. The Labute approximate surface area is 192 Å². The van der Waals surface area contributed by atoms with Crippen LogP contribution < -0.4 is 9.47 Å². The van der Waals surface area contributed by atoms with Crippen LogP contribution in [-0.2, 0) is 19.2 Å². The van der Waals surface area contributed by atoms with Gasteiger partial charge in [0, 0.05) is 39.1 Å². The molecule has 0 aromatic heterocycles. The maximum atomic E-state index is 12.9. The molecule has 0 bridgehead atoms. The summed E-state index contributed by atoms with van der Waals surface area (Å²) in [5, 5.41) is 0. The van der Waals surface area contributed by atoms with Gasteiger partial charge in [0.25, 0.3) is 5.91 Å². The van der Waals surface area contributed by atoms with Crippen molar-refractivity contribution in [3.8, 4) is 11.5 Å². The average molecular weight is 456 g/mol. The fourth-order valence-corrected chi connectivity index (χ4v) is 5.34. The molecule has 3 fully saturated rings. The van der Waals surface area contributed by atoms with Crippen molar-refractivity contribution in [3.05, 3.63) is 24.3 Å². The molecule has 1 aromatic carbocycles. The van der Waals surface area contributed by atoms with Crippen molar-refractivity contribution in [2.45, 2.75) is 38.2 Å². The first-order chi connectivity index (χ1) is 16.0. The summed E-state index contributed by atoms with van der Waals surface area (Å²) in [6.45, 7) is 1.98. The number of piperazine rings is 1. The lowest BCUT2D eigenvalue weighted by Gasteiger charge is -2.37. The van der Waals surface area contributed by atoms with E-state index in [4.69, 9.17) is 9.47 Å². The van der Waals surface area contributed by atoms with E-state index in [1.54, 1.807) is 21.9 Å². The first-order valence-electron chi connectivity index (χ1n) is 11.8. The second-order valence-corrected chi connectivity index (χ2v) is 9.15. The molecule has 9 heteroatoms. The molecular formula is C24H29N3O6. The molecular weight excluding hydrogens is 426 g/mol. The van der Waals surface area contributed by atoms with Gasteiger partial charge in [0.05, 0.1) is 11.8 Å². The third-order valence-electron chi connectivity index (χ3n) is 7.21. The van der Waals surface area contributed by atoms with Crippen LogP contribution >= 0.6 is 0 Å². The molecule has 3 unspecified atom stereocenters. The van der Waals surface area contributed by atoms with Gasteiger partial charge in [0.1, 0.15) is 6.61 Å². The van der Waals surface area contributed by atoms with E-state index in [1.165, 1.54) is 4.90 Å². The summed E-state index contributed by atoms with van der Waals surface area (Å²) < 4.78 is 11.5.